The Morgan fingerprint density at radius 1 is 1.09 bits per heavy atom. The Hall–Kier alpha value is -2.55. The average Bonchev–Trinajstić information content (AvgIpc) is 2.51. The van der Waals surface area contributed by atoms with Crippen LogP contribution in [0.4, 0.5) is 0 Å². The molecule has 0 N–H and O–H groups in total. The van der Waals surface area contributed by atoms with Crippen molar-refractivity contribution in [3.05, 3.63) is 65.3 Å². The number of hydrogen-bond acceptors (Lipinski definition) is 3. The first-order chi connectivity index (χ1) is 10.7. The normalized spacial score (nSPS) is 16.4. The maximum atomic E-state index is 12.8. The Bertz CT molecular complexity index is 932. The van der Waals surface area contributed by atoms with Gasteiger partial charge in [0.15, 0.2) is 0 Å². The second-order valence-electron chi connectivity index (χ2n) is 5.78. The Morgan fingerprint density at radius 3 is 2.59 bits per heavy atom. The van der Waals surface area contributed by atoms with Gasteiger partial charge in [0.05, 0.1) is 5.39 Å². The van der Waals surface area contributed by atoms with Crippen molar-refractivity contribution in [1.82, 2.24) is 0 Å². The van der Waals surface area contributed by atoms with Gasteiger partial charge in [0.1, 0.15) is 27.9 Å². The summed E-state index contributed by atoms with van der Waals surface area (Å²) < 4.78 is 12.0. The molecule has 3 heteroatoms. The molecule has 0 bridgehead atoms. The van der Waals surface area contributed by atoms with Gasteiger partial charge in [-0.1, -0.05) is 24.8 Å². The monoisotopic (exact) mass is 292 g/mol. The summed E-state index contributed by atoms with van der Waals surface area (Å²) in [6, 6.07) is 12.8. The van der Waals surface area contributed by atoms with E-state index in [1.807, 2.05) is 30.3 Å². The van der Waals surface area contributed by atoms with Crippen LogP contribution >= 0.6 is 0 Å². The average molecular weight is 292 g/mol. The molecule has 22 heavy (non-hydrogen) atoms. The maximum Gasteiger partial charge on any atom is 0.204 e. The Morgan fingerprint density at radius 2 is 1.86 bits per heavy atom. The highest BCUT2D eigenvalue weighted by Gasteiger charge is 2.36. The number of fused-ring (bicyclic) bond motifs is 2. The van der Waals surface area contributed by atoms with E-state index in [0.717, 1.165) is 19.3 Å². The number of rotatable bonds is 3. The van der Waals surface area contributed by atoms with E-state index in [4.69, 9.17) is 9.15 Å². The van der Waals surface area contributed by atoms with Crippen molar-refractivity contribution in [3.63, 3.8) is 0 Å². The summed E-state index contributed by atoms with van der Waals surface area (Å²) in [5, 5.41) is 1.08. The minimum atomic E-state index is -0.341. The van der Waals surface area contributed by atoms with Crippen molar-refractivity contribution in [3.8, 4) is 5.75 Å². The lowest BCUT2D eigenvalue weighted by molar-refractivity contribution is 0.0421. The van der Waals surface area contributed by atoms with Crippen LogP contribution in [0.25, 0.3) is 21.9 Å². The highest BCUT2D eigenvalue weighted by Crippen LogP contribution is 2.39. The third-order valence-electron chi connectivity index (χ3n) is 4.45. The highest BCUT2D eigenvalue weighted by molar-refractivity contribution is 5.93. The molecule has 1 fully saturated rings. The summed E-state index contributed by atoms with van der Waals surface area (Å²) >= 11 is 0. The van der Waals surface area contributed by atoms with Crippen molar-refractivity contribution in [2.75, 3.05) is 0 Å². The van der Waals surface area contributed by atoms with Gasteiger partial charge in [0.25, 0.3) is 0 Å². The van der Waals surface area contributed by atoms with E-state index in [0.29, 0.717) is 27.7 Å². The van der Waals surface area contributed by atoms with E-state index in [1.54, 1.807) is 18.2 Å². The zero-order chi connectivity index (χ0) is 15.2. The first-order valence-electron chi connectivity index (χ1n) is 7.50. The quantitative estimate of drug-likeness (QED) is 0.529. The van der Waals surface area contributed by atoms with Crippen molar-refractivity contribution in [1.29, 1.82) is 0 Å². The summed E-state index contributed by atoms with van der Waals surface area (Å²) in [4.78, 5) is 12.8. The van der Waals surface area contributed by atoms with Crippen LogP contribution in [0.1, 0.15) is 19.3 Å². The van der Waals surface area contributed by atoms with Gasteiger partial charge in [-0.15, -0.1) is 0 Å². The third-order valence-corrected chi connectivity index (χ3v) is 4.45. The SMILES string of the molecule is C=CC1(Oc2cccc3oc4ccccc4c(=O)c23)CCC1. The number of ether oxygens (including phenoxy) is 1. The molecule has 1 aliphatic rings. The number of hydrogen-bond donors (Lipinski definition) is 0. The van der Waals surface area contributed by atoms with E-state index in [2.05, 4.69) is 6.58 Å². The first-order valence-corrected chi connectivity index (χ1v) is 7.50. The molecule has 0 aliphatic heterocycles. The molecule has 1 heterocycles. The summed E-state index contributed by atoms with van der Waals surface area (Å²) in [5.74, 6) is 0.580. The van der Waals surface area contributed by atoms with Gasteiger partial charge in [-0.05, 0) is 49.6 Å². The predicted octanol–water partition coefficient (Wildman–Crippen LogP) is 4.43. The zero-order valence-corrected chi connectivity index (χ0v) is 12.2. The minimum Gasteiger partial charge on any atom is -0.482 e. The van der Waals surface area contributed by atoms with Crippen LogP contribution in [0.2, 0.25) is 0 Å². The largest absolute Gasteiger partial charge is 0.482 e. The van der Waals surface area contributed by atoms with Crippen LogP contribution in [-0.4, -0.2) is 5.60 Å². The van der Waals surface area contributed by atoms with Crippen LogP contribution in [0, 0.1) is 0 Å². The molecule has 1 saturated carbocycles. The summed E-state index contributed by atoms with van der Waals surface area (Å²) in [5.41, 5.74) is 0.761. The van der Waals surface area contributed by atoms with Gasteiger partial charge in [-0.2, -0.15) is 0 Å². The predicted molar refractivity (Wildman–Crippen MR) is 87.4 cm³/mol. The molecule has 0 unspecified atom stereocenters. The highest BCUT2D eigenvalue weighted by atomic mass is 16.5. The Labute approximate surface area is 127 Å². The van der Waals surface area contributed by atoms with Crippen LogP contribution in [0.15, 0.2) is 64.3 Å². The van der Waals surface area contributed by atoms with Crippen LogP contribution in [0.5, 0.6) is 5.75 Å². The van der Waals surface area contributed by atoms with Crippen molar-refractivity contribution < 1.29 is 9.15 Å². The zero-order valence-electron chi connectivity index (χ0n) is 12.2. The van der Waals surface area contributed by atoms with E-state index < -0.39 is 0 Å². The molecule has 4 rings (SSSR count). The van der Waals surface area contributed by atoms with Gasteiger partial charge >= 0.3 is 0 Å². The van der Waals surface area contributed by atoms with Gasteiger partial charge in [0, 0.05) is 0 Å². The lowest BCUT2D eigenvalue weighted by Crippen LogP contribution is -2.41. The Kier molecular flexibility index (Phi) is 2.83. The molecule has 0 amide bonds. The standard InChI is InChI=1S/C19H16O3/c1-2-19(11-6-12-19)22-16-10-5-9-15-17(16)18(20)13-7-3-4-8-14(13)21-15/h2-5,7-10H,1,6,11-12H2. The van der Waals surface area contributed by atoms with E-state index in [-0.39, 0.29) is 11.0 Å². The maximum absolute atomic E-state index is 12.8. The van der Waals surface area contributed by atoms with E-state index >= 15 is 0 Å². The minimum absolute atomic E-state index is 0.0500. The van der Waals surface area contributed by atoms with Crippen LogP contribution < -0.4 is 10.2 Å². The first kappa shape index (κ1) is 13.1. The van der Waals surface area contributed by atoms with Crippen LogP contribution in [-0.2, 0) is 0 Å². The van der Waals surface area contributed by atoms with Crippen molar-refractivity contribution >= 4 is 21.9 Å². The lowest BCUT2D eigenvalue weighted by Gasteiger charge is -2.39. The lowest BCUT2D eigenvalue weighted by atomic mass is 9.80. The molecule has 1 aliphatic carbocycles. The van der Waals surface area contributed by atoms with E-state index in [9.17, 15) is 4.79 Å². The smallest absolute Gasteiger partial charge is 0.204 e. The molecule has 3 nitrogen and oxygen atoms in total. The van der Waals surface area contributed by atoms with Gasteiger partial charge in [-0.3, -0.25) is 4.79 Å². The molecular formula is C19H16O3. The number of para-hydroxylation sites is 1. The fourth-order valence-electron chi connectivity index (χ4n) is 2.99. The van der Waals surface area contributed by atoms with E-state index in [1.165, 1.54) is 0 Å². The molecule has 3 aromatic rings. The third kappa shape index (κ3) is 1.86. The molecule has 0 saturated heterocycles. The van der Waals surface area contributed by atoms with Crippen molar-refractivity contribution in [2.24, 2.45) is 0 Å². The summed E-state index contributed by atoms with van der Waals surface area (Å²) in [6.45, 7) is 3.88. The molecule has 0 atom stereocenters. The van der Waals surface area contributed by atoms with Gasteiger partial charge < -0.3 is 9.15 Å². The van der Waals surface area contributed by atoms with Crippen LogP contribution in [0.3, 0.4) is 0 Å². The fraction of sp³-hybridized carbons (Fsp3) is 0.211. The number of benzene rings is 2. The Balaban J connectivity index is 1.97. The molecule has 2 aromatic carbocycles. The second-order valence-corrected chi connectivity index (χ2v) is 5.78. The van der Waals surface area contributed by atoms with Gasteiger partial charge in [0.2, 0.25) is 5.43 Å². The molecule has 0 spiro atoms. The fourth-order valence-corrected chi connectivity index (χ4v) is 2.99. The van der Waals surface area contributed by atoms with Gasteiger partial charge in [-0.25, -0.2) is 0 Å². The molecular weight excluding hydrogens is 276 g/mol. The van der Waals surface area contributed by atoms with Crippen molar-refractivity contribution in [2.45, 2.75) is 24.9 Å². The summed E-state index contributed by atoms with van der Waals surface area (Å²) in [7, 11) is 0. The molecule has 1 aromatic heterocycles. The summed E-state index contributed by atoms with van der Waals surface area (Å²) in [6.07, 6.45) is 4.84. The molecule has 110 valence electrons. The topological polar surface area (TPSA) is 39.4 Å². The molecule has 0 radical (unpaired) electrons. The second kappa shape index (κ2) is 4.73.